The first kappa shape index (κ1) is 18.3. The third kappa shape index (κ3) is 3.92. The Morgan fingerprint density at radius 3 is 2.46 bits per heavy atom. The lowest BCUT2D eigenvalue weighted by atomic mass is 10.1. The summed E-state index contributed by atoms with van der Waals surface area (Å²) in [5.41, 5.74) is 1.84. The maximum absolute atomic E-state index is 12.1. The summed E-state index contributed by atoms with van der Waals surface area (Å²) in [7, 11) is 0. The van der Waals surface area contributed by atoms with Gasteiger partial charge in [-0.3, -0.25) is 9.59 Å². The van der Waals surface area contributed by atoms with E-state index in [4.69, 9.17) is 21.1 Å². The molecule has 1 aliphatic carbocycles. The molecular formula is C21H17ClN2O4. The predicted molar refractivity (Wildman–Crippen MR) is 104 cm³/mol. The zero-order chi connectivity index (χ0) is 19.7. The van der Waals surface area contributed by atoms with Gasteiger partial charge in [-0.05, 0) is 49.2 Å². The van der Waals surface area contributed by atoms with Crippen LogP contribution >= 0.6 is 11.6 Å². The Morgan fingerprint density at radius 1 is 1.07 bits per heavy atom. The molecule has 0 radical (unpaired) electrons. The number of ether oxygens (including phenoxy) is 2. The highest BCUT2D eigenvalue weighted by molar-refractivity contribution is 6.30. The largest absolute Gasteiger partial charge is 0.426 e. The van der Waals surface area contributed by atoms with E-state index < -0.39 is 5.97 Å². The van der Waals surface area contributed by atoms with E-state index in [0.717, 1.165) is 12.8 Å². The Morgan fingerprint density at radius 2 is 1.79 bits per heavy atom. The average Bonchev–Trinajstić information content (AvgIpc) is 3.44. The van der Waals surface area contributed by atoms with Crippen LogP contribution in [0.4, 0.5) is 0 Å². The van der Waals surface area contributed by atoms with E-state index in [1.165, 1.54) is 11.6 Å². The maximum atomic E-state index is 12.1. The van der Waals surface area contributed by atoms with Gasteiger partial charge in [0, 0.05) is 23.6 Å². The molecule has 1 fully saturated rings. The number of esters is 2. The molecule has 0 spiro atoms. The standard InChI is InChI=1S/C21H17ClN2O4/c1-13(25)27-20-12-18(23-24(20)16-10-8-15(22)9-11-16)17-4-2-3-5-19(17)28-21(26)14-6-7-14/h2-5,8-12,14H,6-7H2,1H3. The topological polar surface area (TPSA) is 70.4 Å². The summed E-state index contributed by atoms with van der Waals surface area (Å²) in [5, 5.41) is 5.15. The zero-order valence-electron chi connectivity index (χ0n) is 15.1. The summed E-state index contributed by atoms with van der Waals surface area (Å²) in [4.78, 5) is 23.6. The fourth-order valence-corrected chi connectivity index (χ4v) is 2.89. The van der Waals surface area contributed by atoms with E-state index in [2.05, 4.69) is 5.10 Å². The van der Waals surface area contributed by atoms with Crippen molar-refractivity contribution < 1.29 is 19.1 Å². The minimum absolute atomic E-state index is 0.0173. The van der Waals surface area contributed by atoms with Gasteiger partial charge in [0.25, 0.3) is 0 Å². The van der Waals surface area contributed by atoms with Gasteiger partial charge in [0.1, 0.15) is 11.4 Å². The maximum Gasteiger partial charge on any atom is 0.314 e. The van der Waals surface area contributed by atoms with Gasteiger partial charge >= 0.3 is 11.9 Å². The normalized spacial score (nSPS) is 13.2. The number of aromatic nitrogens is 2. The van der Waals surface area contributed by atoms with Crippen LogP contribution < -0.4 is 9.47 Å². The molecule has 0 aliphatic heterocycles. The molecule has 1 saturated carbocycles. The number of rotatable bonds is 5. The van der Waals surface area contributed by atoms with E-state index >= 15 is 0 Å². The lowest BCUT2D eigenvalue weighted by Gasteiger charge is -2.08. The molecule has 0 unspecified atom stereocenters. The summed E-state index contributed by atoms with van der Waals surface area (Å²) in [6, 6.07) is 15.8. The van der Waals surface area contributed by atoms with Crippen molar-refractivity contribution in [2.45, 2.75) is 19.8 Å². The Bertz CT molecular complexity index is 1040. The SMILES string of the molecule is CC(=O)Oc1cc(-c2ccccc2OC(=O)C2CC2)nn1-c1ccc(Cl)cc1. The summed E-state index contributed by atoms with van der Waals surface area (Å²) < 4.78 is 12.4. The van der Waals surface area contributed by atoms with E-state index in [1.54, 1.807) is 42.5 Å². The van der Waals surface area contributed by atoms with Crippen LogP contribution in [-0.2, 0) is 9.59 Å². The van der Waals surface area contributed by atoms with Crippen LogP contribution in [0.2, 0.25) is 5.02 Å². The second kappa shape index (κ2) is 7.48. The fourth-order valence-electron chi connectivity index (χ4n) is 2.76. The molecule has 0 atom stereocenters. The quantitative estimate of drug-likeness (QED) is 0.471. The minimum Gasteiger partial charge on any atom is -0.426 e. The second-order valence-electron chi connectivity index (χ2n) is 6.54. The first-order valence-corrected chi connectivity index (χ1v) is 9.24. The van der Waals surface area contributed by atoms with Crippen LogP contribution in [-0.4, -0.2) is 21.7 Å². The summed E-state index contributed by atoms with van der Waals surface area (Å²) in [6.45, 7) is 1.32. The fraction of sp³-hybridized carbons (Fsp3) is 0.190. The first-order valence-electron chi connectivity index (χ1n) is 8.87. The zero-order valence-corrected chi connectivity index (χ0v) is 15.8. The van der Waals surface area contributed by atoms with Crippen molar-refractivity contribution in [2.24, 2.45) is 5.92 Å². The van der Waals surface area contributed by atoms with Gasteiger partial charge in [-0.1, -0.05) is 23.7 Å². The molecule has 3 aromatic rings. The molecule has 0 amide bonds. The van der Waals surface area contributed by atoms with E-state index in [1.807, 2.05) is 12.1 Å². The van der Waals surface area contributed by atoms with Crippen LogP contribution in [0.1, 0.15) is 19.8 Å². The summed E-state index contributed by atoms with van der Waals surface area (Å²) in [5.74, 6) is -0.0288. The number of hydrogen-bond donors (Lipinski definition) is 0. The smallest absolute Gasteiger partial charge is 0.314 e. The number of halogens is 1. The highest BCUT2D eigenvalue weighted by Gasteiger charge is 2.32. The van der Waals surface area contributed by atoms with Crippen molar-refractivity contribution in [1.82, 2.24) is 9.78 Å². The highest BCUT2D eigenvalue weighted by atomic mass is 35.5. The van der Waals surface area contributed by atoms with Crippen LogP contribution in [0.25, 0.3) is 16.9 Å². The monoisotopic (exact) mass is 396 g/mol. The highest BCUT2D eigenvalue weighted by Crippen LogP contribution is 2.36. The summed E-state index contributed by atoms with van der Waals surface area (Å²) >= 11 is 5.96. The number of carbonyl (C=O) groups excluding carboxylic acids is 2. The Labute approximate surface area is 166 Å². The predicted octanol–water partition coefficient (Wildman–Crippen LogP) is 4.43. The lowest BCUT2D eigenvalue weighted by Crippen LogP contribution is -2.10. The van der Waals surface area contributed by atoms with Gasteiger partial charge in [-0.15, -0.1) is 0 Å². The third-order valence-corrected chi connectivity index (χ3v) is 4.53. The molecule has 0 N–H and O–H groups in total. The molecule has 142 valence electrons. The molecule has 2 aromatic carbocycles. The van der Waals surface area contributed by atoms with E-state index in [9.17, 15) is 9.59 Å². The molecule has 1 aromatic heterocycles. The lowest BCUT2D eigenvalue weighted by molar-refractivity contribution is -0.136. The van der Waals surface area contributed by atoms with Gasteiger partial charge in [0.2, 0.25) is 5.88 Å². The van der Waals surface area contributed by atoms with Crippen LogP contribution in [0.5, 0.6) is 11.6 Å². The Hall–Kier alpha value is -3.12. The van der Waals surface area contributed by atoms with Gasteiger partial charge < -0.3 is 9.47 Å². The molecule has 0 saturated heterocycles. The molecule has 6 nitrogen and oxygen atoms in total. The molecule has 1 heterocycles. The number of nitrogens with zero attached hydrogens (tertiary/aromatic N) is 2. The average molecular weight is 397 g/mol. The summed E-state index contributed by atoms with van der Waals surface area (Å²) in [6.07, 6.45) is 1.73. The van der Waals surface area contributed by atoms with Gasteiger partial charge in [0.05, 0.1) is 11.6 Å². The molecule has 4 rings (SSSR count). The van der Waals surface area contributed by atoms with Crippen molar-refractivity contribution in [3.05, 3.63) is 59.6 Å². The number of hydrogen-bond acceptors (Lipinski definition) is 5. The number of para-hydroxylation sites is 1. The second-order valence-corrected chi connectivity index (χ2v) is 6.98. The molecule has 7 heteroatoms. The van der Waals surface area contributed by atoms with Gasteiger partial charge in [-0.2, -0.15) is 5.10 Å². The van der Waals surface area contributed by atoms with E-state index in [-0.39, 0.29) is 17.8 Å². The molecule has 28 heavy (non-hydrogen) atoms. The van der Waals surface area contributed by atoms with Crippen molar-refractivity contribution in [1.29, 1.82) is 0 Å². The molecule has 0 bridgehead atoms. The number of carbonyl (C=O) groups is 2. The third-order valence-electron chi connectivity index (χ3n) is 4.28. The van der Waals surface area contributed by atoms with Gasteiger partial charge in [-0.25, -0.2) is 4.68 Å². The van der Waals surface area contributed by atoms with Crippen molar-refractivity contribution >= 4 is 23.5 Å². The first-order chi connectivity index (χ1) is 13.5. The van der Waals surface area contributed by atoms with Crippen molar-refractivity contribution in [3.63, 3.8) is 0 Å². The Kier molecular flexibility index (Phi) is 4.88. The van der Waals surface area contributed by atoms with Crippen LogP contribution in [0.3, 0.4) is 0 Å². The minimum atomic E-state index is -0.463. The van der Waals surface area contributed by atoms with Crippen LogP contribution in [0, 0.1) is 5.92 Å². The van der Waals surface area contributed by atoms with Crippen molar-refractivity contribution in [2.75, 3.05) is 0 Å². The number of benzene rings is 2. The van der Waals surface area contributed by atoms with E-state index in [0.29, 0.717) is 27.7 Å². The molecule has 1 aliphatic rings. The van der Waals surface area contributed by atoms with Crippen LogP contribution in [0.15, 0.2) is 54.6 Å². The van der Waals surface area contributed by atoms with Crippen molar-refractivity contribution in [3.8, 4) is 28.6 Å². The van der Waals surface area contributed by atoms with Gasteiger partial charge in [0.15, 0.2) is 0 Å². The Balaban J connectivity index is 1.75. The molecular weight excluding hydrogens is 380 g/mol.